The molecule has 114 valence electrons. The summed E-state index contributed by atoms with van der Waals surface area (Å²) < 4.78 is 5.35. The first-order valence-electron chi connectivity index (χ1n) is 7.15. The molecule has 0 saturated heterocycles. The van der Waals surface area contributed by atoms with E-state index in [1.54, 1.807) is 30.5 Å². The average Bonchev–Trinajstić information content (AvgIpc) is 3.03. The van der Waals surface area contributed by atoms with E-state index in [0.29, 0.717) is 22.7 Å². The van der Waals surface area contributed by atoms with Gasteiger partial charge in [-0.3, -0.25) is 9.59 Å². The fourth-order valence-corrected chi connectivity index (χ4v) is 2.63. The van der Waals surface area contributed by atoms with Gasteiger partial charge in [0.1, 0.15) is 5.75 Å². The van der Waals surface area contributed by atoms with Gasteiger partial charge in [-0.1, -0.05) is 6.07 Å². The second kappa shape index (κ2) is 5.17. The molecule has 3 N–H and O–H groups in total. The van der Waals surface area contributed by atoms with Gasteiger partial charge in [0.05, 0.1) is 5.69 Å². The number of hydrogen-bond donors (Lipinski definition) is 3. The summed E-state index contributed by atoms with van der Waals surface area (Å²) in [6.45, 7) is -0.0208. The maximum atomic E-state index is 12.5. The standard InChI is InChI=1S/C17H13N3O3/c21-16-9-23-15-8-10(4-5-14(15)20-16)19-17(22)12-2-1-3-13-11(12)6-7-18-13/h1-8,18H,9H2,(H,19,22)(H,20,21). The minimum absolute atomic E-state index is 0.0208. The first kappa shape index (κ1) is 13.4. The van der Waals surface area contributed by atoms with E-state index >= 15 is 0 Å². The Labute approximate surface area is 131 Å². The Kier molecular flexibility index (Phi) is 3.01. The molecule has 3 aromatic rings. The zero-order chi connectivity index (χ0) is 15.8. The second-order valence-corrected chi connectivity index (χ2v) is 5.25. The molecule has 4 rings (SSSR count). The van der Waals surface area contributed by atoms with Gasteiger partial charge >= 0.3 is 0 Å². The van der Waals surface area contributed by atoms with E-state index in [0.717, 1.165) is 10.9 Å². The molecule has 1 aliphatic rings. The molecule has 2 aromatic carbocycles. The SMILES string of the molecule is O=C1COc2cc(NC(=O)c3cccc4[nH]ccc34)ccc2N1. The molecule has 0 radical (unpaired) electrons. The van der Waals surface area contributed by atoms with Crippen LogP contribution in [0.3, 0.4) is 0 Å². The van der Waals surface area contributed by atoms with Crippen molar-refractivity contribution in [3.05, 3.63) is 54.2 Å². The predicted molar refractivity (Wildman–Crippen MR) is 86.8 cm³/mol. The van der Waals surface area contributed by atoms with Gasteiger partial charge in [-0.25, -0.2) is 0 Å². The lowest BCUT2D eigenvalue weighted by molar-refractivity contribution is -0.118. The van der Waals surface area contributed by atoms with Crippen molar-refractivity contribution in [3.63, 3.8) is 0 Å². The third-order valence-corrected chi connectivity index (χ3v) is 3.71. The van der Waals surface area contributed by atoms with Crippen molar-refractivity contribution in [2.75, 3.05) is 17.2 Å². The number of hydrogen-bond acceptors (Lipinski definition) is 3. The summed E-state index contributed by atoms with van der Waals surface area (Å²) >= 11 is 0. The van der Waals surface area contributed by atoms with Crippen LogP contribution >= 0.6 is 0 Å². The molecule has 23 heavy (non-hydrogen) atoms. The van der Waals surface area contributed by atoms with Crippen molar-refractivity contribution < 1.29 is 14.3 Å². The van der Waals surface area contributed by atoms with Crippen LogP contribution < -0.4 is 15.4 Å². The average molecular weight is 307 g/mol. The van der Waals surface area contributed by atoms with E-state index < -0.39 is 0 Å². The highest BCUT2D eigenvalue weighted by Crippen LogP contribution is 2.31. The van der Waals surface area contributed by atoms with Gasteiger partial charge in [0.15, 0.2) is 6.61 Å². The van der Waals surface area contributed by atoms with Crippen LogP contribution in [0.25, 0.3) is 10.9 Å². The van der Waals surface area contributed by atoms with E-state index in [2.05, 4.69) is 15.6 Å². The number of benzene rings is 2. The van der Waals surface area contributed by atoms with Crippen LogP contribution in [0.4, 0.5) is 11.4 Å². The molecule has 0 saturated carbocycles. The molecule has 0 aliphatic carbocycles. The van der Waals surface area contributed by atoms with Gasteiger partial charge in [0, 0.05) is 34.4 Å². The number of fused-ring (bicyclic) bond motifs is 2. The van der Waals surface area contributed by atoms with Gasteiger partial charge in [-0.15, -0.1) is 0 Å². The summed E-state index contributed by atoms with van der Waals surface area (Å²) in [5, 5.41) is 6.44. The monoisotopic (exact) mass is 307 g/mol. The van der Waals surface area contributed by atoms with E-state index in [1.807, 2.05) is 18.2 Å². The van der Waals surface area contributed by atoms with Crippen molar-refractivity contribution in [3.8, 4) is 5.75 Å². The van der Waals surface area contributed by atoms with Gasteiger partial charge in [0.2, 0.25) is 0 Å². The second-order valence-electron chi connectivity index (χ2n) is 5.25. The fraction of sp³-hybridized carbons (Fsp3) is 0.0588. The maximum absolute atomic E-state index is 12.5. The molecule has 2 heterocycles. The molecule has 0 unspecified atom stereocenters. The van der Waals surface area contributed by atoms with Crippen LogP contribution in [0.5, 0.6) is 5.75 Å². The number of H-pyrrole nitrogens is 1. The lowest BCUT2D eigenvalue weighted by Gasteiger charge is -2.18. The van der Waals surface area contributed by atoms with Crippen LogP contribution in [0.15, 0.2) is 48.7 Å². The Bertz CT molecular complexity index is 930. The number of nitrogens with one attached hydrogen (secondary N) is 3. The smallest absolute Gasteiger partial charge is 0.262 e. The van der Waals surface area contributed by atoms with Crippen LogP contribution in [0.2, 0.25) is 0 Å². The molecule has 0 spiro atoms. The van der Waals surface area contributed by atoms with Gasteiger partial charge < -0.3 is 20.4 Å². The van der Waals surface area contributed by atoms with Crippen LogP contribution in [0, 0.1) is 0 Å². The van der Waals surface area contributed by atoms with Crippen LogP contribution in [0.1, 0.15) is 10.4 Å². The topological polar surface area (TPSA) is 83.2 Å². The Balaban J connectivity index is 1.62. The van der Waals surface area contributed by atoms with E-state index in [1.165, 1.54) is 0 Å². The molecule has 6 heteroatoms. The van der Waals surface area contributed by atoms with Gasteiger partial charge in [-0.05, 0) is 30.3 Å². The summed E-state index contributed by atoms with van der Waals surface area (Å²) in [5.74, 6) is 0.158. The highest BCUT2D eigenvalue weighted by molar-refractivity contribution is 6.12. The normalized spacial score (nSPS) is 13.1. The van der Waals surface area contributed by atoms with E-state index in [-0.39, 0.29) is 18.4 Å². The van der Waals surface area contributed by atoms with Crippen molar-refractivity contribution in [1.82, 2.24) is 4.98 Å². The number of carbonyl (C=O) groups is 2. The summed E-state index contributed by atoms with van der Waals surface area (Å²) in [6.07, 6.45) is 1.80. The zero-order valence-electron chi connectivity index (χ0n) is 12.1. The molecule has 2 amide bonds. The Hall–Kier alpha value is -3.28. The number of aromatic nitrogens is 1. The highest BCUT2D eigenvalue weighted by Gasteiger charge is 2.17. The summed E-state index contributed by atoms with van der Waals surface area (Å²) in [7, 11) is 0. The zero-order valence-corrected chi connectivity index (χ0v) is 12.1. The molecule has 0 fully saturated rings. The Morgan fingerprint density at radius 3 is 3.00 bits per heavy atom. The Morgan fingerprint density at radius 1 is 1.17 bits per heavy atom. The minimum Gasteiger partial charge on any atom is -0.482 e. The number of carbonyl (C=O) groups excluding carboxylic acids is 2. The molecular weight excluding hydrogens is 294 g/mol. The van der Waals surface area contributed by atoms with Gasteiger partial charge in [-0.2, -0.15) is 0 Å². The summed E-state index contributed by atoms with van der Waals surface area (Å²) in [6, 6.07) is 12.5. The molecule has 0 atom stereocenters. The number of anilines is 2. The molecule has 1 aliphatic heterocycles. The van der Waals surface area contributed by atoms with Crippen molar-refractivity contribution in [2.24, 2.45) is 0 Å². The third-order valence-electron chi connectivity index (χ3n) is 3.71. The quantitative estimate of drug-likeness (QED) is 0.680. The van der Waals surface area contributed by atoms with Crippen molar-refractivity contribution >= 4 is 34.1 Å². The number of ether oxygens (including phenoxy) is 1. The van der Waals surface area contributed by atoms with E-state index in [4.69, 9.17) is 4.74 Å². The highest BCUT2D eigenvalue weighted by atomic mass is 16.5. The summed E-state index contributed by atoms with van der Waals surface area (Å²) in [5.41, 5.74) is 2.72. The molecule has 6 nitrogen and oxygen atoms in total. The molecule has 1 aromatic heterocycles. The largest absolute Gasteiger partial charge is 0.482 e. The lowest BCUT2D eigenvalue weighted by Crippen LogP contribution is -2.25. The first-order chi connectivity index (χ1) is 11.2. The summed E-state index contributed by atoms with van der Waals surface area (Å²) in [4.78, 5) is 26.9. The maximum Gasteiger partial charge on any atom is 0.262 e. The number of rotatable bonds is 2. The predicted octanol–water partition coefficient (Wildman–Crippen LogP) is 2.75. The minimum atomic E-state index is -0.199. The van der Waals surface area contributed by atoms with Crippen molar-refractivity contribution in [2.45, 2.75) is 0 Å². The fourth-order valence-electron chi connectivity index (χ4n) is 2.63. The number of amides is 2. The van der Waals surface area contributed by atoms with Crippen LogP contribution in [-0.2, 0) is 4.79 Å². The van der Waals surface area contributed by atoms with Crippen molar-refractivity contribution in [1.29, 1.82) is 0 Å². The Morgan fingerprint density at radius 2 is 2.09 bits per heavy atom. The lowest BCUT2D eigenvalue weighted by atomic mass is 10.1. The van der Waals surface area contributed by atoms with Crippen LogP contribution in [-0.4, -0.2) is 23.4 Å². The van der Waals surface area contributed by atoms with E-state index in [9.17, 15) is 9.59 Å². The van der Waals surface area contributed by atoms with Gasteiger partial charge in [0.25, 0.3) is 11.8 Å². The molecule has 0 bridgehead atoms. The first-order valence-corrected chi connectivity index (χ1v) is 7.15. The molecular formula is C17H13N3O3. The number of aromatic amines is 1. The third kappa shape index (κ3) is 2.40.